The smallest absolute Gasteiger partial charge is 0.336 e. The van der Waals surface area contributed by atoms with Crippen molar-refractivity contribution in [1.82, 2.24) is 4.90 Å². The van der Waals surface area contributed by atoms with Crippen molar-refractivity contribution in [2.24, 2.45) is 11.8 Å². The first-order chi connectivity index (χ1) is 14.4. The van der Waals surface area contributed by atoms with E-state index >= 15 is 0 Å². The molecule has 4 rings (SSSR count). The van der Waals surface area contributed by atoms with Crippen molar-refractivity contribution < 1.29 is 23.5 Å². The molecule has 158 valence electrons. The van der Waals surface area contributed by atoms with Gasteiger partial charge in [0.15, 0.2) is 0 Å². The van der Waals surface area contributed by atoms with Crippen molar-refractivity contribution in [2.75, 3.05) is 0 Å². The summed E-state index contributed by atoms with van der Waals surface area (Å²) in [6.45, 7) is 3.38. The highest BCUT2D eigenvalue weighted by Gasteiger charge is 2.51. The van der Waals surface area contributed by atoms with Crippen LogP contribution >= 0.6 is 0 Å². The van der Waals surface area contributed by atoms with Crippen LogP contribution in [0.4, 0.5) is 0 Å². The monoisotopic (exact) mass is 411 g/mol. The van der Waals surface area contributed by atoms with Gasteiger partial charge in [-0.05, 0) is 37.8 Å². The first kappa shape index (κ1) is 20.3. The second-order valence-corrected chi connectivity index (χ2v) is 8.10. The fourth-order valence-corrected chi connectivity index (χ4v) is 4.56. The summed E-state index contributed by atoms with van der Waals surface area (Å²) in [5, 5.41) is 0.687. The highest BCUT2D eigenvalue weighted by Crippen LogP contribution is 2.39. The Morgan fingerprint density at radius 2 is 1.80 bits per heavy atom. The lowest BCUT2D eigenvalue weighted by Gasteiger charge is -2.21. The average molecular weight is 411 g/mol. The number of hydrogen-bond acceptors (Lipinski definition) is 6. The Labute approximate surface area is 174 Å². The Morgan fingerprint density at radius 1 is 1.13 bits per heavy atom. The van der Waals surface area contributed by atoms with Crippen molar-refractivity contribution in [2.45, 2.75) is 58.6 Å². The third-order valence-corrected chi connectivity index (χ3v) is 6.28. The highest BCUT2D eigenvalue weighted by atomic mass is 16.5. The molecule has 1 aromatic heterocycles. The number of carbonyl (C=O) groups is 3. The number of esters is 1. The second kappa shape index (κ2) is 8.05. The first-order valence-electron chi connectivity index (χ1n) is 10.5. The van der Waals surface area contributed by atoms with Gasteiger partial charge in [-0.25, -0.2) is 9.59 Å². The van der Waals surface area contributed by atoms with Crippen LogP contribution in [0.25, 0.3) is 11.0 Å². The van der Waals surface area contributed by atoms with Crippen LogP contribution in [0.15, 0.2) is 33.5 Å². The van der Waals surface area contributed by atoms with Gasteiger partial charge in [0.25, 0.3) is 0 Å². The maximum Gasteiger partial charge on any atom is 0.336 e. The minimum Gasteiger partial charge on any atom is -0.459 e. The van der Waals surface area contributed by atoms with E-state index in [1.165, 1.54) is 13.0 Å². The minimum absolute atomic E-state index is 0.139. The molecule has 2 fully saturated rings. The fraction of sp³-hybridized carbons (Fsp3) is 0.478. The van der Waals surface area contributed by atoms with Crippen molar-refractivity contribution in [3.8, 4) is 0 Å². The summed E-state index contributed by atoms with van der Waals surface area (Å²) in [6.07, 6.45) is 4.04. The highest BCUT2D eigenvalue weighted by molar-refractivity contribution is 6.07. The van der Waals surface area contributed by atoms with Crippen molar-refractivity contribution in [1.29, 1.82) is 0 Å². The number of ether oxygens (including phenoxy) is 1. The summed E-state index contributed by atoms with van der Waals surface area (Å²) in [7, 11) is 0. The molecule has 1 aromatic carbocycles. The van der Waals surface area contributed by atoms with Crippen molar-refractivity contribution >= 4 is 28.8 Å². The molecule has 1 aliphatic heterocycles. The number of imide groups is 1. The van der Waals surface area contributed by atoms with E-state index in [4.69, 9.17) is 9.15 Å². The summed E-state index contributed by atoms with van der Waals surface area (Å²) in [6, 6.07) is 5.87. The molecule has 2 heterocycles. The molecular weight excluding hydrogens is 386 g/mol. The van der Waals surface area contributed by atoms with Gasteiger partial charge in [0.05, 0.1) is 11.8 Å². The SMILES string of the molecule is CCc1ccc2c(COC(=O)[C@H](C)N3C(=O)[C@H]4CCCC[C@H]4C3=O)cc(=O)oc2c1. The summed E-state index contributed by atoms with van der Waals surface area (Å²) in [4.78, 5) is 51.0. The molecule has 0 bridgehead atoms. The van der Waals surface area contributed by atoms with Crippen LogP contribution in [0.2, 0.25) is 0 Å². The standard InChI is InChI=1S/C23H25NO6/c1-3-14-8-9-16-15(11-20(25)30-19(16)10-14)12-29-23(28)13(2)24-21(26)17-6-4-5-7-18(17)22(24)27/h8-11,13,17-18H,3-7,12H2,1-2H3/t13-,17-,18+/m0/s1. The Bertz CT molecular complexity index is 1050. The molecule has 2 aromatic rings. The Hall–Kier alpha value is -2.96. The Kier molecular flexibility index (Phi) is 5.45. The molecule has 2 aliphatic rings. The van der Waals surface area contributed by atoms with E-state index in [1.54, 1.807) is 6.07 Å². The summed E-state index contributed by atoms with van der Waals surface area (Å²) in [5.74, 6) is -1.82. The second-order valence-electron chi connectivity index (χ2n) is 8.10. The van der Waals surface area contributed by atoms with Gasteiger partial charge < -0.3 is 9.15 Å². The molecule has 0 unspecified atom stereocenters. The average Bonchev–Trinajstić information content (AvgIpc) is 3.01. The number of amides is 2. The molecule has 0 spiro atoms. The van der Waals surface area contributed by atoms with E-state index in [-0.39, 0.29) is 30.3 Å². The zero-order chi connectivity index (χ0) is 21.4. The predicted molar refractivity (Wildman–Crippen MR) is 108 cm³/mol. The van der Waals surface area contributed by atoms with E-state index in [0.717, 1.165) is 29.7 Å². The number of benzene rings is 1. The van der Waals surface area contributed by atoms with Crippen molar-refractivity contribution in [3.05, 3.63) is 45.8 Å². The quantitative estimate of drug-likeness (QED) is 0.427. The van der Waals surface area contributed by atoms with Gasteiger partial charge in [0, 0.05) is 17.0 Å². The largest absolute Gasteiger partial charge is 0.459 e. The lowest BCUT2D eigenvalue weighted by molar-refractivity contribution is -0.159. The summed E-state index contributed by atoms with van der Waals surface area (Å²) < 4.78 is 10.7. The van der Waals surface area contributed by atoms with E-state index in [2.05, 4.69) is 0 Å². The number of aryl methyl sites for hydroxylation is 1. The van der Waals surface area contributed by atoms with Gasteiger partial charge >= 0.3 is 11.6 Å². The van der Waals surface area contributed by atoms with Gasteiger partial charge in [-0.3, -0.25) is 14.5 Å². The van der Waals surface area contributed by atoms with E-state index in [0.29, 0.717) is 29.4 Å². The molecular formula is C23H25NO6. The normalized spacial score (nSPS) is 22.3. The third kappa shape index (κ3) is 3.53. The van der Waals surface area contributed by atoms with E-state index in [9.17, 15) is 19.2 Å². The van der Waals surface area contributed by atoms with Crippen LogP contribution in [0.1, 0.15) is 50.7 Å². The fourth-order valence-electron chi connectivity index (χ4n) is 4.56. The van der Waals surface area contributed by atoms with E-state index < -0.39 is 17.6 Å². The topological polar surface area (TPSA) is 93.9 Å². The van der Waals surface area contributed by atoms with Gasteiger partial charge in [-0.15, -0.1) is 0 Å². The number of likely N-dealkylation sites (tertiary alicyclic amines) is 1. The zero-order valence-electron chi connectivity index (χ0n) is 17.2. The van der Waals surface area contributed by atoms with Crippen LogP contribution in [0, 0.1) is 11.8 Å². The molecule has 30 heavy (non-hydrogen) atoms. The van der Waals surface area contributed by atoms with Crippen LogP contribution in [-0.2, 0) is 32.1 Å². The molecule has 2 amide bonds. The predicted octanol–water partition coefficient (Wildman–Crippen LogP) is 2.96. The van der Waals surface area contributed by atoms with Gasteiger partial charge in [0.2, 0.25) is 11.8 Å². The van der Waals surface area contributed by atoms with Gasteiger partial charge in [0.1, 0.15) is 18.2 Å². The van der Waals surface area contributed by atoms with Gasteiger partial charge in [-0.2, -0.15) is 0 Å². The zero-order valence-corrected chi connectivity index (χ0v) is 17.2. The Morgan fingerprint density at radius 3 is 2.43 bits per heavy atom. The maximum absolute atomic E-state index is 12.7. The molecule has 1 saturated carbocycles. The van der Waals surface area contributed by atoms with Crippen LogP contribution < -0.4 is 5.63 Å². The number of hydrogen-bond donors (Lipinski definition) is 0. The summed E-state index contributed by atoms with van der Waals surface area (Å²) >= 11 is 0. The molecule has 0 radical (unpaired) electrons. The van der Waals surface area contributed by atoms with Crippen molar-refractivity contribution in [3.63, 3.8) is 0 Å². The maximum atomic E-state index is 12.7. The van der Waals surface area contributed by atoms with E-state index in [1.807, 2.05) is 19.1 Å². The summed E-state index contributed by atoms with van der Waals surface area (Å²) in [5.41, 5.74) is 1.47. The lowest BCUT2D eigenvalue weighted by Crippen LogP contribution is -2.44. The molecule has 7 nitrogen and oxygen atoms in total. The molecule has 1 saturated heterocycles. The lowest BCUT2D eigenvalue weighted by atomic mass is 9.81. The Balaban J connectivity index is 1.50. The number of fused-ring (bicyclic) bond motifs is 2. The molecule has 1 aliphatic carbocycles. The minimum atomic E-state index is -0.992. The van der Waals surface area contributed by atoms with Crippen LogP contribution in [-0.4, -0.2) is 28.7 Å². The van der Waals surface area contributed by atoms with Crippen LogP contribution in [0.3, 0.4) is 0 Å². The number of nitrogens with zero attached hydrogens (tertiary/aromatic N) is 1. The first-order valence-corrected chi connectivity index (χ1v) is 10.5. The molecule has 7 heteroatoms. The number of rotatable bonds is 5. The molecule has 3 atom stereocenters. The third-order valence-electron chi connectivity index (χ3n) is 6.28. The van der Waals surface area contributed by atoms with Crippen LogP contribution in [0.5, 0.6) is 0 Å². The molecule has 0 N–H and O–H groups in total. The number of carbonyl (C=O) groups excluding carboxylic acids is 3. The van der Waals surface area contributed by atoms with Gasteiger partial charge in [-0.1, -0.05) is 31.9 Å².